The predicted octanol–water partition coefficient (Wildman–Crippen LogP) is 4.30. The second kappa shape index (κ2) is 8.55. The number of carbonyl (C=O) groups excluding carboxylic acids is 2. The molecule has 0 aromatic heterocycles. The Hall–Kier alpha value is -3.02. The Kier molecular flexibility index (Phi) is 6.11. The second-order valence-corrected chi connectivity index (χ2v) is 8.46. The first-order valence-electron chi connectivity index (χ1n) is 10.0. The van der Waals surface area contributed by atoms with Crippen molar-refractivity contribution in [2.45, 2.75) is 33.1 Å². The van der Waals surface area contributed by atoms with Crippen LogP contribution in [0.15, 0.2) is 48.5 Å². The van der Waals surface area contributed by atoms with Gasteiger partial charge in [0.1, 0.15) is 0 Å². The summed E-state index contributed by atoms with van der Waals surface area (Å²) in [5, 5.41) is 5.65. The molecule has 1 aliphatic rings. The highest BCUT2D eigenvalue weighted by Gasteiger charge is 2.22. The van der Waals surface area contributed by atoms with E-state index in [4.69, 9.17) is 0 Å². The van der Waals surface area contributed by atoms with Crippen LogP contribution in [0.1, 0.15) is 33.3 Å². The Morgan fingerprint density at radius 3 is 2.00 bits per heavy atom. The maximum Gasteiger partial charge on any atom is 0.321 e. The fourth-order valence-corrected chi connectivity index (χ4v) is 3.42. The largest absolute Gasteiger partial charge is 0.368 e. The fourth-order valence-electron chi connectivity index (χ4n) is 3.42. The first-order valence-corrected chi connectivity index (χ1v) is 10.0. The second-order valence-electron chi connectivity index (χ2n) is 8.46. The smallest absolute Gasteiger partial charge is 0.321 e. The van der Waals surface area contributed by atoms with Crippen LogP contribution in [-0.2, 0) is 10.2 Å². The van der Waals surface area contributed by atoms with Gasteiger partial charge >= 0.3 is 6.03 Å². The van der Waals surface area contributed by atoms with Crippen molar-refractivity contribution in [2.24, 2.45) is 0 Å². The van der Waals surface area contributed by atoms with E-state index >= 15 is 0 Å². The van der Waals surface area contributed by atoms with Crippen LogP contribution in [0, 0.1) is 0 Å². The van der Waals surface area contributed by atoms with E-state index in [-0.39, 0.29) is 17.4 Å². The molecule has 29 heavy (non-hydrogen) atoms. The minimum Gasteiger partial charge on any atom is -0.368 e. The van der Waals surface area contributed by atoms with E-state index in [1.807, 2.05) is 11.0 Å². The monoisotopic (exact) mass is 394 g/mol. The highest BCUT2D eigenvalue weighted by molar-refractivity contribution is 5.92. The lowest BCUT2D eigenvalue weighted by atomic mass is 9.87. The summed E-state index contributed by atoms with van der Waals surface area (Å²) in [6, 6.07) is 15.8. The third-order valence-corrected chi connectivity index (χ3v) is 5.10. The highest BCUT2D eigenvalue weighted by Crippen LogP contribution is 2.25. The molecule has 0 atom stereocenters. The molecule has 0 bridgehead atoms. The molecule has 6 heteroatoms. The molecule has 1 fully saturated rings. The average Bonchev–Trinajstić information content (AvgIpc) is 2.67. The molecule has 0 saturated carbocycles. The van der Waals surface area contributed by atoms with Crippen LogP contribution in [-0.4, -0.2) is 43.0 Å². The predicted molar refractivity (Wildman–Crippen MR) is 119 cm³/mol. The Balaban J connectivity index is 1.55. The summed E-state index contributed by atoms with van der Waals surface area (Å²) in [7, 11) is 0. The number of nitrogens with one attached hydrogen (secondary N) is 2. The van der Waals surface area contributed by atoms with Crippen molar-refractivity contribution < 1.29 is 9.59 Å². The van der Waals surface area contributed by atoms with Gasteiger partial charge in [0.05, 0.1) is 0 Å². The van der Waals surface area contributed by atoms with E-state index in [1.165, 1.54) is 18.2 Å². The van der Waals surface area contributed by atoms with Crippen LogP contribution in [0.3, 0.4) is 0 Å². The Morgan fingerprint density at radius 1 is 0.862 bits per heavy atom. The Bertz CT molecular complexity index is 863. The molecule has 6 nitrogen and oxygen atoms in total. The van der Waals surface area contributed by atoms with Crippen molar-refractivity contribution in [3.8, 4) is 0 Å². The summed E-state index contributed by atoms with van der Waals surface area (Å²) >= 11 is 0. The van der Waals surface area contributed by atoms with Crippen LogP contribution in [0.5, 0.6) is 0 Å². The molecule has 2 aromatic carbocycles. The van der Waals surface area contributed by atoms with E-state index in [1.54, 1.807) is 18.2 Å². The lowest BCUT2D eigenvalue weighted by molar-refractivity contribution is -0.114. The van der Waals surface area contributed by atoms with Gasteiger partial charge in [0.2, 0.25) is 5.91 Å². The zero-order chi connectivity index (χ0) is 21.0. The molecule has 154 valence electrons. The normalized spacial score (nSPS) is 14.5. The summed E-state index contributed by atoms with van der Waals surface area (Å²) in [6.45, 7) is 11.0. The van der Waals surface area contributed by atoms with E-state index in [0.717, 1.165) is 13.1 Å². The van der Waals surface area contributed by atoms with E-state index in [0.29, 0.717) is 24.5 Å². The molecular formula is C23H30N4O2. The minimum atomic E-state index is -0.139. The van der Waals surface area contributed by atoms with Crippen molar-refractivity contribution in [3.05, 3.63) is 54.1 Å². The van der Waals surface area contributed by atoms with Crippen LogP contribution >= 0.6 is 0 Å². The molecule has 0 aliphatic carbocycles. The van der Waals surface area contributed by atoms with Gasteiger partial charge in [-0.05, 0) is 41.3 Å². The number of benzene rings is 2. The molecule has 0 spiro atoms. The van der Waals surface area contributed by atoms with Crippen LogP contribution in [0.2, 0.25) is 0 Å². The third kappa shape index (κ3) is 5.50. The lowest BCUT2D eigenvalue weighted by Crippen LogP contribution is -2.50. The van der Waals surface area contributed by atoms with Gasteiger partial charge in [0.25, 0.3) is 0 Å². The van der Waals surface area contributed by atoms with E-state index in [9.17, 15) is 9.59 Å². The topological polar surface area (TPSA) is 64.7 Å². The zero-order valence-corrected chi connectivity index (χ0v) is 17.7. The van der Waals surface area contributed by atoms with Gasteiger partial charge in [-0.1, -0.05) is 39.0 Å². The highest BCUT2D eigenvalue weighted by atomic mass is 16.2. The summed E-state index contributed by atoms with van der Waals surface area (Å²) < 4.78 is 0. The van der Waals surface area contributed by atoms with Crippen LogP contribution in [0.25, 0.3) is 0 Å². The van der Waals surface area contributed by atoms with Gasteiger partial charge in [0, 0.05) is 50.2 Å². The van der Waals surface area contributed by atoms with Crippen molar-refractivity contribution in [2.75, 3.05) is 41.7 Å². The SMILES string of the molecule is CC(=O)Nc1cccc(NC(=O)N2CCN(c3ccc(C(C)(C)C)cc3)CC2)c1. The molecule has 0 radical (unpaired) electrons. The fraction of sp³-hybridized carbons (Fsp3) is 0.391. The van der Waals surface area contributed by atoms with Crippen molar-refractivity contribution in [1.29, 1.82) is 0 Å². The molecule has 3 rings (SSSR count). The maximum absolute atomic E-state index is 12.6. The van der Waals surface area contributed by atoms with Crippen LogP contribution in [0.4, 0.5) is 21.9 Å². The molecule has 1 heterocycles. The molecule has 3 amide bonds. The first kappa shape index (κ1) is 20.7. The molecule has 1 saturated heterocycles. The molecular weight excluding hydrogens is 364 g/mol. The van der Waals surface area contributed by atoms with Crippen molar-refractivity contribution in [1.82, 2.24) is 4.90 Å². The number of hydrogen-bond acceptors (Lipinski definition) is 3. The maximum atomic E-state index is 12.6. The number of carbonyl (C=O) groups is 2. The lowest BCUT2D eigenvalue weighted by Gasteiger charge is -2.36. The first-order chi connectivity index (χ1) is 13.7. The standard InChI is InChI=1S/C23H30N4O2/c1-17(28)24-19-6-5-7-20(16-19)25-22(29)27-14-12-26(13-15-27)21-10-8-18(9-11-21)23(2,3)4/h5-11,16H,12-15H2,1-4H3,(H,24,28)(H,25,29). The van der Waals surface area contributed by atoms with Gasteiger partial charge in [-0.3, -0.25) is 4.79 Å². The summed E-state index contributed by atoms with van der Waals surface area (Å²) in [6.07, 6.45) is 0. The Labute approximate surface area is 172 Å². The van der Waals surface area contributed by atoms with Crippen LogP contribution < -0.4 is 15.5 Å². The number of hydrogen-bond donors (Lipinski definition) is 2. The number of rotatable bonds is 3. The zero-order valence-electron chi connectivity index (χ0n) is 17.7. The van der Waals surface area contributed by atoms with Crippen molar-refractivity contribution >= 4 is 29.0 Å². The number of nitrogens with zero attached hydrogens (tertiary/aromatic N) is 2. The number of piperazine rings is 1. The summed E-state index contributed by atoms with van der Waals surface area (Å²) in [5.41, 5.74) is 3.99. The van der Waals surface area contributed by atoms with Crippen molar-refractivity contribution in [3.63, 3.8) is 0 Å². The molecule has 2 N–H and O–H groups in total. The number of amides is 3. The van der Waals surface area contributed by atoms with Gasteiger partial charge < -0.3 is 20.4 Å². The van der Waals surface area contributed by atoms with Gasteiger partial charge in [0.15, 0.2) is 0 Å². The molecule has 2 aromatic rings. The Morgan fingerprint density at radius 2 is 1.45 bits per heavy atom. The quantitative estimate of drug-likeness (QED) is 0.816. The van der Waals surface area contributed by atoms with E-state index in [2.05, 4.69) is 60.6 Å². The van der Waals surface area contributed by atoms with E-state index < -0.39 is 0 Å². The van der Waals surface area contributed by atoms with Gasteiger partial charge in [-0.2, -0.15) is 0 Å². The molecule has 1 aliphatic heterocycles. The van der Waals surface area contributed by atoms with Gasteiger partial charge in [-0.15, -0.1) is 0 Å². The van der Waals surface area contributed by atoms with Gasteiger partial charge in [-0.25, -0.2) is 4.79 Å². The summed E-state index contributed by atoms with van der Waals surface area (Å²) in [4.78, 5) is 27.9. The number of anilines is 3. The number of urea groups is 1. The third-order valence-electron chi connectivity index (χ3n) is 5.10. The summed E-state index contributed by atoms with van der Waals surface area (Å²) in [5.74, 6) is -0.139. The molecule has 0 unspecified atom stereocenters. The minimum absolute atomic E-state index is 0.118. The average molecular weight is 395 g/mol.